The van der Waals surface area contributed by atoms with Crippen LogP contribution in [0.5, 0.6) is 5.75 Å². The molecule has 14 heavy (non-hydrogen) atoms. The summed E-state index contributed by atoms with van der Waals surface area (Å²) in [4.78, 5) is 10.5. The minimum absolute atomic E-state index is 0.245. The van der Waals surface area contributed by atoms with Crippen molar-refractivity contribution < 1.29 is 14.6 Å². The van der Waals surface area contributed by atoms with E-state index in [0.717, 1.165) is 0 Å². The first-order valence-electron chi connectivity index (χ1n) is 4.13. The maximum Gasteiger partial charge on any atom is 0.335 e. The summed E-state index contributed by atoms with van der Waals surface area (Å²) in [6.45, 7) is 0.447. The van der Waals surface area contributed by atoms with Gasteiger partial charge in [0.25, 0.3) is 0 Å². The van der Waals surface area contributed by atoms with Crippen molar-refractivity contribution in [1.29, 1.82) is 0 Å². The number of benzene rings is 1. The molecule has 0 aliphatic carbocycles. The van der Waals surface area contributed by atoms with E-state index in [1.807, 2.05) is 0 Å². The van der Waals surface area contributed by atoms with E-state index < -0.39 is 5.97 Å². The molecule has 0 aliphatic rings. The van der Waals surface area contributed by atoms with Gasteiger partial charge < -0.3 is 9.84 Å². The van der Waals surface area contributed by atoms with E-state index in [4.69, 9.17) is 16.3 Å². The second-order valence-corrected chi connectivity index (χ2v) is 2.63. The van der Waals surface area contributed by atoms with E-state index in [0.29, 0.717) is 18.8 Å². The van der Waals surface area contributed by atoms with Crippen LogP contribution in [-0.4, -0.2) is 17.7 Å². The van der Waals surface area contributed by atoms with Gasteiger partial charge in [-0.25, -0.2) is 4.79 Å². The van der Waals surface area contributed by atoms with Crippen molar-refractivity contribution in [3.05, 3.63) is 29.8 Å². The number of aromatic carboxylic acids is 1. The minimum atomic E-state index is -0.944. The molecule has 0 amide bonds. The van der Waals surface area contributed by atoms with Crippen LogP contribution in [0.25, 0.3) is 0 Å². The minimum Gasteiger partial charge on any atom is -0.493 e. The van der Waals surface area contributed by atoms with Gasteiger partial charge >= 0.3 is 5.97 Å². The molecule has 1 N–H and O–H groups in total. The summed E-state index contributed by atoms with van der Waals surface area (Å²) in [6.07, 6.45) is 5.59. The van der Waals surface area contributed by atoms with Crippen molar-refractivity contribution in [3.63, 3.8) is 0 Å². The van der Waals surface area contributed by atoms with Gasteiger partial charge in [-0.1, -0.05) is 0 Å². The number of hydrogen-bond donors (Lipinski definition) is 1. The van der Waals surface area contributed by atoms with Gasteiger partial charge in [0.05, 0.1) is 12.2 Å². The topological polar surface area (TPSA) is 46.5 Å². The lowest BCUT2D eigenvalue weighted by molar-refractivity contribution is 0.0697. The van der Waals surface area contributed by atoms with Gasteiger partial charge in [-0.3, -0.25) is 0 Å². The number of terminal acetylenes is 1. The lowest BCUT2D eigenvalue weighted by atomic mass is 10.2. The number of carbonyl (C=O) groups is 1. The third-order valence-corrected chi connectivity index (χ3v) is 1.62. The third-order valence-electron chi connectivity index (χ3n) is 1.62. The van der Waals surface area contributed by atoms with Gasteiger partial charge in [0.1, 0.15) is 5.75 Å². The Morgan fingerprint density at radius 3 is 2.57 bits per heavy atom. The molecule has 0 unspecified atom stereocenters. The highest BCUT2D eigenvalue weighted by Gasteiger charge is 2.01. The Kier molecular flexibility index (Phi) is 3.57. The molecule has 0 aromatic heterocycles. The fourth-order valence-corrected chi connectivity index (χ4v) is 0.922. The van der Waals surface area contributed by atoms with E-state index in [9.17, 15) is 4.79 Å². The van der Waals surface area contributed by atoms with Gasteiger partial charge in [-0.05, 0) is 24.3 Å². The first kappa shape index (κ1) is 10.1. The van der Waals surface area contributed by atoms with Crippen LogP contribution in [0, 0.1) is 12.3 Å². The van der Waals surface area contributed by atoms with Crippen molar-refractivity contribution in [2.45, 2.75) is 6.42 Å². The maximum atomic E-state index is 10.5. The summed E-state index contributed by atoms with van der Waals surface area (Å²) >= 11 is 0. The van der Waals surface area contributed by atoms with Gasteiger partial charge in [0.2, 0.25) is 0 Å². The third kappa shape index (κ3) is 2.83. The van der Waals surface area contributed by atoms with Crippen LogP contribution in [-0.2, 0) is 0 Å². The van der Waals surface area contributed by atoms with Crippen LogP contribution in [0.4, 0.5) is 0 Å². The van der Waals surface area contributed by atoms with Crippen LogP contribution in [0.15, 0.2) is 24.3 Å². The first-order valence-corrected chi connectivity index (χ1v) is 4.13. The Bertz CT molecular complexity index is 346. The second-order valence-electron chi connectivity index (χ2n) is 2.63. The van der Waals surface area contributed by atoms with E-state index in [-0.39, 0.29) is 5.56 Å². The highest BCUT2D eigenvalue weighted by molar-refractivity contribution is 5.87. The average Bonchev–Trinajstić information content (AvgIpc) is 2.19. The van der Waals surface area contributed by atoms with Crippen LogP contribution >= 0.6 is 0 Å². The highest BCUT2D eigenvalue weighted by Crippen LogP contribution is 2.12. The first-order chi connectivity index (χ1) is 6.74. The van der Waals surface area contributed by atoms with Crippen molar-refractivity contribution in [2.24, 2.45) is 0 Å². The molecule has 0 heterocycles. The zero-order chi connectivity index (χ0) is 10.4. The van der Waals surface area contributed by atoms with Gasteiger partial charge in [-0.2, -0.15) is 0 Å². The van der Waals surface area contributed by atoms with E-state index in [2.05, 4.69) is 5.92 Å². The number of carboxylic acid groups (broad SMARTS) is 1. The molecule has 0 atom stereocenters. The SMILES string of the molecule is C#CCCOc1ccc(C(=O)O)cc1. The Morgan fingerprint density at radius 1 is 1.43 bits per heavy atom. The quantitative estimate of drug-likeness (QED) is 0.581. The number of rotatable bonds is 4. The lowest BCUT2D eigenvalue weighted by Crippen LogP contribution is -1.98. The molecule has 3 heteroatoms. The molecular weight excluding hydrogens is 180 g/mol. The second kappa shape index (κ2) is 4.93. The Labute approximate surface area is 82.3 Å². The molecule has 0 fully saturated rings. The van der Waals surface area contributed by atoms with Crippen molar-refractivity contribution in [2.75, 3.05) is 6.61 Å². The fourth-order valence-electron chi connectivity index (χ4n) is 0.922. The van der Waals surface area contributed by atoms with Crippen LogP contribution < -0.4 is 4.74 Å². The molecular formula is C11H10O3. The largest absolute Gasteiger partial charge is 0.493 e. The molecule has 72 valence electrons. The molecule has 3 nitrogen and oxygen atoms in total. The molecule has 0 saturated carbocycles. The number of ether oxygens (including phenoxy) is 1. The normalized spacial score (nSPS) is 9.07. The molecule has 0 radical (unpaired) electrons. The van der Waals surface area contributed by atoms with Gasteiger partial charge in [-0.15, -0.1) is 12.3 Å². The van der Waals surface area contributed by atoms with Crippen LogP contribution in [0.3, 0.4) is 0 Å². The Morgan fingerprint density at radius 2 is 2.07 bits per heavy atom. The fraction of sp³-hybridized carbons (Fsp3) is 0.182. The smallest absolute Gasteiger partial charge is 0.335 e. The summed E-state index contributed by atoms with van der Waals surface area (Å²) in [5.74, 6) is 2.13. The standard InChI is InChI=1S/C11H10O3/c1-2-3-8-14-10-6-4-9(5-7-10)11(12)13/h1,4-7H,3,8H2,(H,12,13). The summed E-state index contributed by atoms with van der Waals surface area (Å²) in [5.41, 5.74) is 0.245. The Balaban J connectivity index is 2.56. The summed E-state index contributed by atoms with van der Waals surface area (Å²) in [5, 5.41) is 8.62. The summed E-state index contributed by atoms with van der Waals surface area (Å²) in [7, 11) is 0. The number of hydrogen-bond acceptors (Lipinski definition) is 2. The predicted octanol–water partition coefficient (Wildman–Crippen LogP) is 1.79. The lowest BCUT2D eigenvalue weighted by Gasteiger charge is -2.03. The monoisotopic (exact) mass is 190 g/mol. The molecule has 1 rings (SSSR count). The zero-order valence-corrected chi connectivity index (χ0v) is 7.56. The van der Waals surface area contributed by atoms with E-state index in [1.54, 1.807) is 12.1 Å². The molecule has 0 aliphatic heterocycles. The molecule has 0 bridgehead atoms. The predicted molar refractivity (Wildman–Crippen MR) is 52.3 cm³/mol. The van der Waals surface area contributed by atoms with Crippen molar-refractivity contribution in [3.8, 4) is 18.1 Å². The average molecular weight is 190 g/mol. The van der Waals surface area contributed by atoms with Crippen molar-refractivity contribution in [1.82, 2.24) is 0 Å². The number of carboxylic acids is 1. The molecule has 1 aromatic rings. The molecule has 0 spiro atoms. The Hall–Kier alpha value is -1.95. The van der Waals surface area contributed by atoms with Crippen LogP contribution in [0.1, 0.15) is 16.8 Å². The van der Waals surface area contributed by atoms with Gasteiger partial charge in [0.15, 0.2) is 0 Å². The summed E-state index contributed by atoms with van der Waals surface area (Å²) < 4.78 is 5.25. The van der Waals surface area contributed by atoms with E-state index in [1.165, 1.54) is 12.1 Å². The van der Waals surface area contributed by atoms with E-state index >= 15 is 0 Å². The van der Waals surface area contributed by atoms with Crippen molar-refractivity contribution >= 4 is 5.97 Å². The highest BCUT2D eigenvalue weighted by atomic mass is 16.5. The van der Waals surface area contributed by atoms with Gasteiger partial charge in [0, 0.05) is 6.42 Å². The zero-order valence-electron chi connectivity index (χ0n) is 7.56. The maximum absolute atomic E-state index is 10.5. The summed E-state index contributed by atoms with van der Waals surface area (Å²) in [6, 6.07) is 6.21. The molecule has 0 saturated heterocycles. The molecule has 1 aromatic carbocycles. The van der Waals surface area contributed by atoms with Crippen LogP contribution in [0.2, 0.25) is 0 Å².